The van der Waals surface area contributed by atoms with Gasteiger partial charge in [0.15, 0.2) is 0 Å². The van der Waals surface area contributed by atoms with Crippen molar-refractivity contribution in [2.75, 3.05) is 6.54 Å². The zero-order valence-corrected chi connectivity index (χ0v) is 10.6. The van der Waals surface area contributed by atoms with Gasteiger partial charge in [0.25, 0.3) is 0 Å². The Bertz CT molecular complexity index is 537. The molecule has 0 radical (unpaired) electrons. The van der Waals surface area contributed by atoms with E-state index in [2.05, 4.69) is 20.7 Å². The summed E-state index contributed by atoms with van der Waals surface area (Å²) in [6.07, 6.45) is 0. The van der Waals surface area contributed by atoms with Crippen LogP contribution in [0.4, 0.5) is 0 Å². The van der Waals surface area contributed by atoms with Crippen LogP contribution in [0.15, 0.2) is 24.3 Å². The summed E-state index contributed by atoms with van der Waals surface area (Å²) in [7, 11) is 0. The van der Waals surface area contributed by atoms with Crippen molar-refractivity contribution >= 4 is 17.5 Å². The lowest BCUT2D eigenvalue weighted by atomic mass is 10.2. The van der Waals surface area contributed by atoms with Crippen LogP contribution in [0.25, 0.3) is 11.4 Å². The van der Waals surface area contributed by atoms with Gasteiger partial charge in [-0.05, 0) is 29.5 Å². The highest BCUT2D eigenvalue weighted by molar-refractivity contribution is 6.30. The number of hydrogen-bond donors (Lipinski definition) is 1. The van der Waals surface area contributed by atoms with E-state index in [4.69, 9.17) is 11.6 Å². The third-order valence-electron chi connectivity index (χ3n) is 2.24. The van der Waals surface area contributed by atoms with Crippen LogP contribution in [0.2, 0.25) is 5.02 Å². The maximum absolute atomic E-state index is 10.7. The molecular formula is C11H12ClN5O. The molecule has 1 amide bonds. The molecule has 6 nitrogen and oxygen atoms in total. The van der Waals surface area contributed by atoms with Crippen molar-refractivity contribution in [3.8, 4) is 11.4 Å². The van der Waals surface area contributed by atoms with Crippen molar-refractivity contribution in [2.24, 2.45) is 0 Å². The fraction of sp³-hybridized carbons (Fsp3) is 0.273. The van der Waals surface area contributed by atoms with E-state index in [1.807, 2.05) is 12.1 Å². The van der Waals surface area contributed by atoms with E-state index >= 15 is 0 Å². The first kappa shape index (κ1) is 12.5. The molecule has 0 aliphatic heterocycles. The number of tetrazole rings is 1. The summed E-state index contributed by atoms with van der Waals surface area (Å²) in [5, 5.41) is 15.4. The van der Waals surface area contributed by atoms with Crippen molar-refractivity contribution < 1.29 is 4.79 Å². The third-order valence-corrected chi connectivity index (χ3v) is 2.49. The summed E-state index contributed by atoms with van der Waals surface area (Å²) in [5.41, 5.74) is 0.852. The molecule has 0 aliphatic rings. The second-order valence-electron chi connectivity index (χ2n) is 3.70. The van der Waals surface area contributed by atoms with Crippen LogP contribution < -0.4 is 5.32 Å². The molecule has 0 spiro atoms. The minimum atomic E-state index is -0.0759. The monoisotopic (exact) mass is 265 g/mol. The highest BCUT2D eigenvalue weighted by Crippen LogP contribution is 2.16. The van der Waals surface area contributed by atoms with Crippen LogP contribution in [0, 0.1) is 0 Å². The normalized spacial score (nSPS) is 10.3. The number of rotatable bonds is 4. The molecule has 0 unspecified atom stereocenters. The van der Waals surface area contributed by atoms with Crippen LogP contribution >= 0.6 is 11.6 Å². The van der Waals surface area contributed by atoms with Gasteiger partial charge in [-0.15, -0.1) is 10.2 Å². The zero-order valence-electron chi connectivity index (χ0n) is 9.80. The number of aromatic nitrogens is 4. The Kier molecular flexibility index (Phi) is 3.88. The quantitative estimate of drug-likeness (QED) is 0.899. The third kappa shape index (κ3) is 3.27. The summed E-state index contributed by atoms with van der Waals surface area (Å²) in [5.74, 6) is 0.461. The average molecular weight is 266 g/mol. The minimum Gasteiger partial charge on any atom is -0.354 e. The standard InChI is InChI=1S/C11H12ClN5O/c1-8(18)13-6-7-17-15-11(14-16-17)9-2-4-10(12)5-3-9/h2-5H,6-7H2,1H3,(H,13,18). The van der Waals surface area contributed by atoms with Crippen LogP contribution in [-0.2, 0) is 11.3 Å². The maximum Gasteiger partial charge on any atom is 0.216 e. The predicted octanol–water partition coefficient (Wildman–Crippen LogP) is 1.13. The van der Waals surface area contributed by atoms with Crippen molar-refractivity contribution in [1.29, 1.82) is 0 Å². The van der Waals surface area contributed by atoms with E-state index in [1.54, 1.807) is 12.1 Å². The Balaban J connectivity index is 2.01. The fourth-order valence-corrected chi connectivity index (χ4v) is 1.51. The Morgan fingerprint density at radius 3 is 2.78 bits per heavy atom. The first-order valence-corrected chi connectivity index (χ1v) is 5.81. The van der Waals surface area contributed by atoms with Gasteiger partial charge in [-0.3, -0.25) is 4.79 Å². The number of carbonyl (C=O) groups is 1. The van der Waals surface area contributed by atoms with E-state index in [-0.39, 0.29) is 5.91 Å². The van der Waals surface area contributed by atoms with Gasteiger partial charge in [0, 0.05) is 24.1 Å². The van der Waals surface area contributed by atoms with Crippen LogP contribution in [0.1, 0.15) is 6.92 Å². The number of benzene rings is 1. The number of halogens is 1. The second-order valence-corrected chi connectivity index (χ2v) is 4.14. The molecule has 1 aromatic heterocycles. The van der Waals surface area contributed by atoms with Gasteiger partial charge in [0.05, 0.1) is 6.54 Å². The van der Waals surface area contributed by atoms with E-state index in [0.29, 0.717) is 23.9 Å². The summed E-state index contributed by atoms with van der Waals surface area (Å²) in [6, 6.07) is 7.21. The number of hydrogen-bond acceptors (Lipinski definition) is 4. The van der Waals surface area contributed by atoms with E-state index in [1.165, 1.54) is 11.7 Å². The maximum atomic E-state index is 10.7. The first-order valence-electron chi connectivity index (χ1n) is 5.43. The highest BCUT2D eigenvalue weighted by Gasteiger charge is 2.05. The Labute approximate surface area is 109 Å². The molecule has 0 fully saturated rings. The molecule has 1 aromatic carbocycles. The van der Waals surface area contributed by atoms with E-state index < -0.39 is 0 Å². The molecule has 1 heterocycles. The molecule has 94 valence electrons. The number of carbonyl (C=O) groups excluding carboxylic acids is 1. The lowest BCUT2D eigenvalue weighted by Crippen LogP contribution is -2.25. The molecule has 2 rings (SSSR count). The van der Waals surface area contributed by atoms with Crippen LogP contribution in [0.5, 0.6) is 0 Å². The lowest BCUT2D eigenvalue weighted by molar-refractivity contribution is -0.119. The van der Waals surface area contributed by atoms with E-state index in [0.717, 1.165) is 5.56 Å². The summed E-state index contributed by atoms with van der Waals surface area (Å²) >= 11 is 5.80. The molecule has 2 aromatic rings. The smallest absolute Gasteiger partial charge is 0.216 e. The Morgan fingerprint density at radius 2 is 2.11 bits per heavy atom. The van der Waals surface area contributed by atoms with Crippen molar-refractivity contribution in [1.82, 2.24) is 25.5 Å². The van der Waals surface area contributed by atoms with Crippen LogP contribution in [0.3, 0.4) is 0 Å². The molecule has 0 saturated carbocycles. The first-order chi connectivity index (χ1) is 8.65. The predicted molar refractivity (Wildman–Crippen MR) is 66.9 cm³/mol. The highest BCUT2D eigenvalue weighted by atomic mass is 35.5. The van der Waals surface area contributed by atoms with Crippen molar-refractivity contribution in [2.45, 2.75) is 13.5 Å². The minimum absolute atomic E-state index is 0.0759. The molecule has 0 saturated heterocycles. The summed E-state index contributed by atoms with van der Waals surface area (Å²) in [4.78, 5) is 12.1. The van der Waals surface area contributed by atoms with Gasteiger partial charge < -0.3 is 5.32 Å². The summed E-state index contributed by atoms with van der Waals surface area (Å²) < 4.78 is 0. The molecular weight excluding hydrogens is 254 g/mol. The Hall–Kier alpha value is -1.95. The van der Waals surface area contributed by atoms with Gasteiger partial charge in [-0.2, -0.15) is 4.80 Å². The molecule has 18 heavy (non-hydrogen) atoms. The van der Waals surface area contributed by atoms with Crippen molar-refractivity contribution in [3.63, 3.8) is 0 Å². The number of amides is 1. The molecule has 7 heteroatoms. The van der Waals surface area contributed by atoms with Gasteiger partial charge in [0.2, 0.25) is 11.7 Å². The second kappa shape index (κ2) is 5.59. The van der Waals surface area contributed by atoms with Crippen LogP contribution in [-0.4, -0.2) is 32.7 Å². The van der Waals surface area contributed by atoms with Crippen molar-refractivity contribution in [3.05, 3.63) is 29.3 Å². The topological polar surface area (TPSA) is 72.7 Å². The van der Waals surface area contributed by atoms with Gasteiger partial charge >= 0.3 is 0 Å². The van der Waals surface area contributed by atoms with Gasteiger partial charge in [-0.25, -0.2) is 0 Å². The molecule has 0 atom stereocenters. The molecule has 1 N–H and O–H groups in total. The number of nitrogens with zero attached hydrogens (tertiary/aromatic N) is 4. The van der Waals surface area contributed by atoms with Gasteiger partial charge in [0.1, 0.15) is 0 Å². The lowest BCUT2D eigenvalue weighted by Gasteiger charge is -1.99. The SMILES string of the molecule is CC(=O)NCCn1nnc(-c2ccc(Cl)cc2)n1. The van der Waals surface area contributed by atoms with Gasteiger partial charge in [-0.1, -0.05) is 11.6 Å². The number of nitrogens with one attached hydrogen (secondary N) is 1. The largest absolute Gasteiger partial charge is 0.354 e. The fourth-order valence-electron chi connectivity index (χ4n) is 1.38. The zero-order chi connectivity index (χ0) is 13.0. The Morgan fingerprint density at radius 1 is 1.39 bits per heavy atom. The molecule has 0 bridgehead atoms. The molecule has 0 aliphatic carbocycles. The van der Waals surface area contributed by atoms with E-state index in [9.17, 15) is 4.79 Å². The average Bonchev–Trinajstić information content (AvgIpc) is 2.78. The summed E-state index contributed by atoms with van der Waals surface area (Å²) in [6.45, 7) is 2.43.